The smallest absolute Gasteiger partial charge is 0.245 e. The van der Waals surface area contributed by atoms with Crippen LogP contribution in [0.5, 0.6) is 0 Å². The van der Waals surface area contributed by atoms with E-state index < -0.39 is 0 Å². The molecule has 9 nitrogen and oxygen atoms in total. The minimum atomic E-state index is 0.0618. The molecule has 0 spiro atoms. The first-order valence-electron chi connectivity index (χ1n) is 9.68. The Morgan fingerprint density at radius 1 is 1.36 bits per heavy atom. The van der Waals surface area contributed by atoms with E-state index in [1.807, 2.05) is 24.5 Å². The number of hydrogen-bond donors (Lipinski definition) is 2. The van der Waals surface area contributed by atoms with Gasteiger partial charge >= 0.3 is 0 Å². The zero-order chi connectivity index (χ0) is 19.1. The Kier molecular flexibility index (Phi) is 4.13. The molecular weight excluding hydrogens is 356 g/mol. The second-order valence-corrected chi connectivity index (χ2v) is 7.55. The third-order valence-electron chi connectivity index (χ3n) is 5.79. The van der Waals surface area contributed by atoms with Gasteiger partial charge in [0.1, 0.15) is 11.3 Å². The van der Waals surface area contributed by atoms with Crippen molar-refractivity contribution in [2.75, 3.05) is 23.4 Å². The minimum Gasteiger partial charge on any atom is -0.394 e. The predicted molar refractivity (Wildman–Crippen MR) is 103 cm³/mol. The summed E-state index contributed by atoms with van der Waals surface area (Å²) in [5.41, 5.74) is 0.867. The monoisotopic (exact) mass is 378 g/mol. The van der Waals surface area contributed by atoms with Crippen molar-refractivity contribution in [1.82, 2.24) is 24.1 Å². The van der Waals surface area contributed by atoms with Crippen LogP contribution in [0.2, 0.25) is 0 Å². The summed E-state index contributed by atoms with van der Waals surface area (Å²) >= 11 is 0. The Morgan fingerprint density at radius 2 is 2.25 bits per heavy atom. The summed E-state index contributed by atoms with van der Waals surface area (Å²) in [7, 11) is 0. The zero-order valence-corrected chi connectivity index (χ0v) is 15.4. The van der Waals surface area contributed by atoms with E-state index in [0.717, 1.165) is 37.7 Å². The van der Waals surface area contributed by atoms with Gasteiger partial charge in [-0.15, -0.1) is 5.10 Å². The number of imidazole rings is 1. The Bertz CT molecular complexity index is 1030. The fourth-order valence-corrected chi connectivity index (χ4v) is 4.08. The molecule has 1 saturated heterocycles. The van der Waals surface area contributed by atoms with Crippen LogP contribution < -0.4 is 10.2 Å². The molecule has 1 aliphatic heterocycles. The van der Waals surface area contributed by atoms with Crippen molar-refractivity contribution in [2.45, 2.75) is 37.8 Å². The molecule has 0 aromatic carbocycles. The number of aliphatic hydroxyl groups excluding tert-OH is 1. The van der Waals surface area contributed by atoms with E-state index in [9.17, 15) is 5.11 Å². The average Bonchev–Trinajstić information content (AvgIpc) is 3.41. The van der Waals surface area contributed by atoms with E-state index in [-0.39, 0.29) is 18.6 Å². The molecule has 2 aliphatic rings. The van der Waals surface area contributed by atoms with Gasteiger partial charge in [-0.2, -0.15) is 10.2 Å². The summed E-state index contributed by atoms with van der Waals surface area (Å²) in [6.45, 7) is 0.944. The van der Waals surface area contributed by atoms with Crippen LogP contribution in [0.3, 0.4) is 0 Å². The third kappa shape index (κ3) is 2.86. The number of fused-ring (bicyclic) bond motifs is 1. The number of nitrogens with one attached hydrogen (secondary N) is 1. The lowest BCUT2D eigenvalue weighted by molar-refractivity contribution is 0.248. The van der Waals surface area contributed by atoms with Gasteiger partial charge in [0.25, 0.3) is 0 Å². The SMILES string of the molecule is N#CC1CC(n2cnc(Nc3nc(N4CCC[C@H]4CO)nn4cccc34)c2)C1. The van der Waals surface area contributed by atoms with Crippen molar-refractivity contribution in [1.29, 1.82) is 5.26 Å². The van der Waals surface area contributed by atoms with Gasteiger partial charge in [-0.3, -0.25) is 0 Å². The molecule has 28 heavy (non-hydrogen) atoms. The molecule has 1 aliphatic carbocycles. The standard InChI is InChI=1S/C19H22N8O/c20-9-13-7-15(8-13)25-10-17(21-12-25)22-18-16-4-2-6-27(16)24-19(23-18)26-5-1-3-14(26)11-28/h2,4,6,10,12-15,28H,1,3,5,7-8,11H2,(H,22,23,24)/t13?,14-,15?/m0/s1. The van der Waals surface area contributed by atoms with Crippen LogP contribution in [-0.4, -0.2) is 48.4 Å². The maximum absolute atomic E-state index is 9.64. The second kappa shape index (κ2) is 6.80. The molecule has 4 heterocycles. The van der Waals surface area contributed by atoms with Crippen LogP contribution in [0.15, 0.2) is 30.9 Å². The van der Waals surface area contributed by atoms with Gasteiger partial charge in [0.15, 0.2) is 5.82 Å². The summed E-state index contributed by atoms with van der Waals surface area (Å²) in [5, 5.41) is 26.5. The topological polar surface area (TPSA) is 107 Å². The van der Waals surface area contributed by atoms with Gasteiger partial charge in [0.2, 0.25) is 5.95 Å². The van der Waals surface area contributed by atoms with E-state index in [0.29, 0.717) is 23.6 Å². The number of anilines is 3. The van der Waals surface area contributed by atoms with Gasteiger partial charge in [0, 0.05) is 25.0 Å². The lowest BCUT2D eigenvalue weighted by Gasteiger charge is -2.31. The lowest BCUT2D eigenvalue weighted by Crippen LogP contribution is -2.34. The molecule has 1 saturated carbocycles. The summed E-state index contributed by atoms with van der Waals surface area (Å²) in [4.78, 5) is 11.3. The molecule has 1 atom stereocenters. The molecule has 0 unspecified atom stereocenters. The van der Waals surface area contributed by atoms with Crippen LogP contribution >= 0.6 is 0 Å². The zero-order valence-electron chi connectivity index (χ0n) is 15.4. The molecule has 9 heteroatoms. The highest BCUT2D eigenvalue weighted by molar-refractivity contribution is 5.73. The molecule has 3 aromatic heterocycles. The van der Waals surface area contributed by atoms with Crippen LogP contribution in [0.4, 0.5) is 17.6 Å². The normalized spacial score (nSPS) is 24.3. The van der Waals surface area contributed by atoms with Crippen LogP contribution in [0.1, 0.15) is 31.7 Å². The molecule has 3 aromatic rings. The van der Waals surface area contributed by atoms with Crippen LogP contribution in [0.25, 0.3) is 5.52 Å². The quantitative estimate of drug-likeness (QED) is 0.700. The van der Waals surface area contributed by atoms with Crippen molar-refractivity contribution < 1.29 is 5.11 Å². The molecule has 2 fully saturated rings. The first kappa shape index (κ1) is 17.0. The molecular formula is C19H22N8O. The fourth-order valence-electron chi connectivity index (χ4n) is 4.08. The number of nitriles is 1. The summed E-state index contributed by atoms with van der Waals surface area (Å²) in [5.74, 6) is 2.17. The Hall–Kier alpha value is -3.12. The summed E-state index contributed by atoms with van der Waals surface area (Å²) in [6, 6.07) is 6.61. The first-order valence-corrected chi connectivity index (χ1v) is 9.68. The average molecular weight is 378 g/mol. The van der Waals surface area contributed by atoms with E-state index in [1.54, 1.807) is 10.8 Å². The Morgan fingerprint density at radius 3 is 3.07 bits per heavy atom. The Balaban J connectivity index is 1.42. The van der Waals surface area contributed by atoms with Crippen molar-refractivity contribution >= 4 is 23.1 Å². The number of rotatable bonds is 5. The summed E-state index contributed by atoms with van der Waals surface area (Å²) in [6.07, 6.45) is 9.39. The lowest BCUT2D eigenvalue weighted by atomic mass is 9.81. The fraction of sp³-hybridized carbons (Fsp3) is 0.474. The number of hydrogen-bond acceptors (Lipinski definition) is 7. The predicted octanol–water partition coefficient (Wildman–Crippen LogP) is 2.11. The third-order valence-corrected chi connectivity index (χ3v) is 5.79. The maximum atomic E-state index is 9.64. The molecule has 0 amide bonds. The number of aromatic nitrogens is 5. The van der Waals surface area contributed by atoms with Crippen molar-refractivity contribution in [3.8, 4) is 6.07 Å². The van der Waals surface area contributed by atoms with Gasteiger partial charge in [0.05, 0.1) is 31.0 Å². The van der Waals surface area contributed by atoms with E-state index in [2.05, 4.69) is 30.9 Å². The van der Waals surface area contributed by atoms with E-state index in [1.165, 1.54) is 0 Å². The second-order valence-electron chi connectivity index (χ2n) is 7.55. The summed E-state index contributed by atoms with van der Waals surface area (Å²) < 4.78 is 3.87. The van der Waals surface area contributed by atoms with Crippen molar-refractivity contribution in [3.63, 3.8) is 0 Å². The van der Waals surface area contributed by atoms with Gasteiger partial charge in [-0.25, -0.2) is 9.50 Å². The van der Waals surface area contributed by atoms with Crippen molar-refractivity contribution in [3.05, 3.63) is 30.9 Å². The largest absolute Gasteiger partial charge is 0.394 e. The first-order chi connectivity index (χ1) is 13.7. The van der Waals surface area contributed by atoms with Gasteiger partial charge in [-0.1, -0.05) is 0 Å². The molecule has 144 valence electrons. The van der Waals surface area contributed by atoms with Gasteiger partial charge in [-0.05, 0) is 37.8 Å². The van der Waals surface area contributed by atoms with E-state index >= 15 is 0 Å². The van der Waals surface area contributed by atoms with Crippen molar-refractivity contribution in [2.24, 2.45) is 5.92 Å². The molecule has 2 N–H and O–H groups in total. The highest BCUT2D eigenvalue weighted by Gasteiger charge is 2.30. The highest BCUT2D eigenvalue weighted by Crippen LogP contribution is 2.37. The van der Waals surface area contributed by atoms with Crippen LogP contribution in [-0.2, 0) is 0 Å². The molecule has 5 rings (SSSR count). The highest BCUT2D eigenvalue weighted by atomic mass is 16.3. The Labute approximate surface area is 162 Å². The minimum absolute atomic E-state index is 0.0618. The molecule has 0 radical (unpaired) electrons. The molecule has 0 bridgehead atoms. The van der Waals surface area contributed by atoms with Crippen LogP contribution in [0, 0.1) is 17.2 Å². The van der Waals surface area contributed by atoms with Gasteiger partial charge < -0.3 is 19.9 Å². The maximum Gasteiger partial charge on any atom is 0.245 e. The number of aliphatic hydroxyl groups is 1. The number of nitrogens with zero attached hydrogens (tertiary/aromatic N) is 7. The van der Waals surface area contributed by atoms with E-state index in [4.69, 9.17) is 10.2 Å².